The third kappa shape index (κ3) is 3.80. The van der Waals surface area contributed by atoms with Crippen molar-refractivity contribution in [3.8, 4) is 17.1 Å². The highest BCUT2D eigenvalue weighted by Gasteiger charge is 2.46. The lowest BCUT2D eigenvalue weighted by Gasteiger charge is -2.35. The molecule has 0 atom stereocenters. The molecular formula is C17H17F2N7O2S. The number of hydrogen-bond donors (Lipinski definition) is 2. The number of alkyl halides is 2. The van der Waals surface area contributed by atoms with E-state index in [1.807, 2.05) is 0 Å². The Hall–Kier alpha value is -2.99. The Bertz CT molecular complexity index is 1160. The number of aryl methyl sites for hydroxylation is 1. The van der Waals surface area contributed by atoms with Crippen molar-refractivity contribution in [2.24, 2.45) is 0 Å². The molecule has 0 amide bonds. The Kier molecular flexibility index (Phi) is 4.54. The van der Waals surface area contributed by atoms with Crippen molar-refractivity contribution in [1.82, 2.24) is 29.5 Å². The van der Waals surface area contributed by atoms with Crippen LogP contribution >= 0.6 is 0 Å². The van der Waals surface area contributed by atoms with Gasteiger partial charge in [0.05, 0.1) is 16.8 Å². The first-order chi connectivity index (χ1) is 13.6. The van der Waals surface area contributed by atoms with Gasteiger partial charge in [-0.05, 0) is 24.6 Å². The molecular weight excluding hydrogens is 404 g/mol. The van der Waals surface area contributed by atoms with Gasteiger partial charge in [0.1, 0.15) is 12.7 Å². The van der Waals surface area contributed by atoms with Gasteiger partial charge in [-0.25, -0.2) is 36.9 Å². The topological polar surface area (TPSA) is 129 Å². The van der Waals surface area contributed by atoms with Crippen molar-refractivity contribution in [2.75, 3.05) is 5.73 Å². The largest absolute Gasteiger partial charge is 0.381 e. The molecule has 0 spiro atoms. The summed E-state index contributed by atoms with van der Waals surface area (Å²) in [6, 6.07) is 3.68. The number of nitrogens with one attached hydrogen (secondary N) is 1. The Balaban J connectivity index is 1.68. The number of aromatic nitrogens is 5. The van der Waals surface area contributed by atoms with E-state index in [2.05, 4.69) is 24.8 Å². The summed E-state index contributed by atoms with van der Waals surface area (Å²) in [5.74, 6) is -2.43. The van der Waals surface area contributed by atoms with Gasteiger partial charge in [-0.15, -0.1) is 0 Å². The van der Waals surface area contributed by atoms with Gasteiger partial charge in [0.2, 0.25) is 10.0 Å². The van der Waals surface area contributed by atoms with Crippen LogP contribution in [0, 0.1) is 6.92 Å². The number of nitrogens with zero attached hydrogens (tertiary/aromatic N) is 5. The van der Waals surface area contributed by atoms with Gasteiger partial charge >= 0.3 is 0 Å². The van der Waals surface area contributed by atoms with E-state index in [-0.39, 0.29) is 16.5 Å². The van der Waals surface area contributed by atoms with Gasteiger partial charge in [-0.3, -0.25) is 0 Å². The summed E-state index contributed by atoms with van der Waals surface area (Å²) in [4.78, 5) is 12.3. The fourth-order valence-corrected chi connectivity index (χ4v) is 4.34. The van der Waals surface area contributed by atoms with E-state index in [9.17, 15) is 17.2 Å². The van der Waals surface area contributed by atoms with Crippen LogP contribution in [0.25, 0.3) is 17.1 Å². The van der Waals surface area contributed by atoms with Crippen LogP contribution in [0.3, 0.4) is 0 Å². The molecule has 0 saturated heterocycles. The minimum Gasteiger partial charge on any atom is -0.381 e. The average molecular weight is 421 g/mol. The molecule has 1 aliphatic carbocycles. The second kappa shape index (κ2) is 6.81. The summed E-state index contributed by atoms with van der Waals surface area (Å²) in [6.45, 7) is 1.79. The smallest absolute Gasteiger partial charge is 0.251 e. The maximum atomic E-state index is 13.0. The SMILES string of the molecule is Cc1ccc(S(=O)(=O)NC2CC(F)(F)C2)cc1-c1cnc(N)c(-n2cncn2)n1. The van der Waals surface area contributed by atoms with Crippen molar-refractivity contribution in [3.05, 3.63) is 42.6 Å². The molecule has 0 radical (unpaired) electrons. The van der Waals surface area contributed by atoms with Crippen molar-refractivity contribution in [1.29, 1.82) is 0 Å². The van der Waals surface area contributed by atoms with Gasteiger partial charge in [0.15, 0.2) is 11.6 Å². The molecule has 0 aliphatic heterocycles. The van der Waals surface area contributed by atoms with Gasteiger partial charge in [0, 0.05) is 24.4 Å². The van der Waals surface area contributed by atoms with Crippen LogP contribution in [0.4, 0.5) is 14.6 Å². The van der Waals surface area contributed by atoms with Crippen LogP contribution in [-0.4, -0.2) is 45.1 Å². The zero-order chi connectivity index (χ0) is 20.8. The number of nitrogen functional groups attached to an aromatic ring is 1. The standard InChI is InChI=1S/C17H17F2N7O2S/c1-10-2-3-12(29(27,28)25-11-5-17(18,19)6-11)4-13(10)14-7-22-15(20)16(24-14)26-9-21-8-23-26/h2-4,7-9,11,25H,5-6H2,1H3,(H2,20,22). The number of hydrogen-bond acceptors (Lipinski definition) is 7. The number of nitrogens with two attached hydrogens (primary N) is 1. The maximum absolute atomic E-state index is 13.0. The summed E-state index contributed by atoms with van der Waals surface area (Å²) in [6.07, 6.45) is 3.15. The third-order valence-corrected chi connectivity index (χ3v) is 6.14. The number of anilines is 1. The van der Waals surface area contributed by atoms with Crippen LogP contribution in [0.1, 0.15) is 18.4 Å². The Morgan fingerprint density at radius 1 is 1.31 bits per heavy atom. The van der Waals surface area contributed by atoms with E-state index in [0.29, 0.717) is 11.3 Å². The van der Waals surface area contributed by atoms with Crippen molar-refractivity contribution < 1.29 is 17.2 Å². The summed E-state index contributed by atoms with van der Waals surface area (Å²) >= 11 is 0. The molecule has 29 heavy (non-hydrogen) atoms. The predicted molar refractivity (Wildman–Crippen MR) is 99.8 cm³/mol. The fraction of sp³-hybridized carbons (Fsp3) is 0.294. The maximum Gasteiger partial charge on any atom is 0.251 e. The van der Waals surface area contributed by atoms with Crippen LogP contribution < -0.4 is 10.5 Å². The lowest BCUT2D eigenvalue weighted by atomic mass is 9.89. The Morgan fingerprint density at radius 3 is 2.72 bits per heavy atom. The highest BCUT2D eigenvalue weighted by molar-refractivity contribution is 7.89. The molecule has 2 aromatic heterocycles. The first kappa shape index (κ1) is 19.3. The molecule has 3 N–H and O–H groups in total. The van der Waals surface area contributed by atoms with E-state index in [4.69, 9.17) is 5.73 Å². The van der Waals surface area contributed by atoms with E-state index >= 15 is 0 Å². The van der Waals surface area contributed by atoms with E-state index in [1.54, 1.807) is 13.0 Å². The zero-order valence-electron chi connectivity index (χ0n) is 15.2. The zero-order valence-corrected chi connectivity index (χ0v) is 16.1. The lowest BCUT2D eigenvalue weighted by molar-refractivity contribution is -0.0876. The van der Waals surface area contributed by atoms with Crippen molar-refractivity contribution in [2.45, 2.75) is 36.6 Å². The molecule has 1 saturated carbocycles. The molecule has 1 aromatic carbocycles. The second-order valence-electron chi connectivity index (χ2n) is 6.86. The molecule has 0 unspecified atom stereocenters. The summed E-state index contributed by atoms with van der Waals surface area (Å²) < 4.78 is 54.9. The van der Waals surface area contributed by atoms with Crippen molar-refractivity contribution in [3.63, 3.8) is 0 Å². The first-order valence-corrected chi connectivity index (χ1v) is 10.1. The number of rotatable bonds is 5. The molecule has 4 rings (SSSR count). The highest BCUT2D eigenvalue weighted by atomic mass is 32.2. The molecule has 12 heteroatoms. The van der Waals surface area contributed by atoms with Crippen LogP contribution in [0.2, 0.25) is 0 Å². The molecule has 0 bridgehead atoms. The fourth-order valence-electron chi connectivity index (χ4n) is 3.08. The predicted octanol–water partition coefficient (Wildman–Crippen LogP) is 1.69. The van der Waals surface area contributed by atoms with E-state index < -0.39 is 34.8 Å². The van der Waals surface area contributed by atoms with Gasteiger partial charge in [-0.1, -0.05) is 6.07 Å². The first-order valence-electron chi connectivity index (χ1n) is 8.63. The molecule has 152 valence electrons. The summed E-state index contributed by atoms with van der Waals surface area (Å²) in [5, 5.41) is 3.98. The average Bonchev–Trinajstić information content (AvgIpc) is 3.15. The minimum atomic E-state index is -3.96. The summed E-state index contributed by atoms with van der Waals surface area (Å²) in [7, 11) is -3.96. The van der Waals surface area contributed by atoms with E-state index in [1.165, 1.54) is 35.7 Å². The second-order valence-corrected chi connectivity index (χ2v) is 8.58. The Labute approximate surface area is 165 Å². The number of benzene rings is 1. The molecule has 3 aromatic rings. The molecule has 1 aliphatic rings. The van der Waals surface area contributed by atoms with Gasteiger partial charge in [0.25, 0.3) is 5.92 Å². The molecule has 1 fully saturated rings. The Morgan fingerprint density at radius 2 is 2.07 bits per heavy atom. The lowest BCUT2D eigenvalue weighted by Crippen LogP contribution is -2.50. The van der Waals surface area contributed by atoms with Gasteiger partial charge < -0.3 is 5.73 Å². The third-order valence-electron chi connectivity index (χ3n) is 4.62. The van der Waals surface area contributed by atoms with Crippen molar-refractivity contribution >= 4 is 15.8 Å². The highest BCUT2D eigenvalue weighted by Crippen LogP contribution is 2.38. The van der Waals surface area contributed by atoms with Crippen LogP contribution in [-0.2, 0) is 10.0 Å². The summed E-state index contributed by atoms with van der Waals surface area (Å²) in [5.41, 5.74) is 7.52. The minimum absolute atomic E-state index is 0.0470. The van der Waals surface area contributed by atoms with Crippen LogP contribution in [0.15, 0.2) is 41.9 Å². The number of sulfonamides is 1. The quantitative estimate of drug-likeness (QED) is 0.641. The normalized spacial score (nSPS) is 16.5. The van der Waals surface area contributed by atoms with Crippen LogP contribution in [0.5, 0.6) is 0 Å². The van der Waals surface area contributed by atoms with Gasteiger partial charge in [-0.2, -0.15) is 9.78 Å². The monoisotopic (exact) mass is 421 g/mol. The molecule has 2 heterocycles. The van der Waals surface area contributed by atoms with E-state index in [0.717, 1.165) is 5.56 Å². The molecule has 9 nitrogen and oxygen atoms in total. The number of halogens is 2.